The van der Waals surface area contributed by atoms with Crippen LogP contribution in [0.1, 0.15) is 133 Å². The average molecular weight is 1730 g/mol. The normalized spacial score (nSPS) is 15.7. The molecule has 0 spiro atoms. The quantitative estimate of drug-likeness (QED) is 0.0248. The maximum Gasteiger partial charge on any atom is 0.291 e. The number of amides is 9. The number of thiophene rings is 1. The van der Waals surface area contributed by atoms with Crippen LogP contribution in [-0.4, -0.2) is 305 Å². The number of ether oxygens (including phenoxy) is 7. The van der Waals surface area contributed by atoms with Crippen LogP contribution in [0.5, 0.6) is 0 Å². The zero-order valence-corrected chi connectivity index (χ0v) is 71.9. The first-order valence-corrected chi connectivity index (χ1v) is 42.3. The van der Waals surface area contributed by atoms with Crippen molar-refractivity contribution in [2.45, 2.75) is 96.3 Å². The molecule has 11 rings (SSSR count). The number of likely N-dealkylation sites (N-methyl/N-ethyl adjacent to an activating group) is 1. The number of piperidine rings is 2. The zero-order valence-electron chi connectivity index (χ0n) is 70.4. The summed E-state index contributed by atoms with van der Waals surface area (Å²) in [4.78, 5) is 143. The van der Waals surface area contributed by atoms with E-state index in [-0.39, 0.29) is 123 Å². The second-order valence-electron chi connectivity index (χ2n) is 30.0. The topological polar surface area (TPSA) is 438 Å². The van der Waals surface area contributed by atoms with Crippen LogP contribution in [0.25, 0.3) is 5.00 Å². The van der Waals surface area contributed by atoms with Crippen molar-refractivity contribution in [3.63, 3.8) is 0 Å². The van der Waals surface area contributed by atoms with Crippen molar-refractivity contribution in [2.75, 3.05) is 181 Å². The summed E-state index contributed by atoms with van der Waals surface area (Å²) < 4.78 is 47.6. The van der Waals surface area contributed by atoms with Gasteiger partial charge in [-0.25, -0.2) is 15.0 Å². The van der Waals surface area contributed by atoms with Crippen LogP contribution in [0.15, 0.2) is 78.1 Å². The largest absolute Gasteiger partial charge is 0.378 e. The molecule has 10 heterocycles. The standard InChI is InChI=1S/C81H112ClN23O16S/c1-52-53(2)122-81-70(52)71(55-9-11-56(82)12-10-55)91-61(72-97-96-54(3)105(72)81)47-69(109)88-57-16-27-104(28-17-57)60-18-25-103(26-19-60)30-32-116-34-36-118-38-40-120-42-44-121-43-41-119-39-37-117-35-33-115-31-24-83-66(106)13-20-87-78(112)74-94-64(50-101(74)7)92-67(107)14-21-86-77(111)63-46-59(49-100(63)6)90-80(114)75-95-65(51-102(75)8)93-68(108)15-22-85-76(110)62-45-58(48-99(62)5)89-79(113)73-84-23-29-98(73)4/h9-12,23,29,45-46,48,50-51,57,59-61H,13-22,24-28,30-44,47,49H2,1-8H3,(H,83,106)(H,85,110)(H,86,111)(H,87,112)(H,88,109)(H,89,113)(H,90,114)(H,92,107)(H,93,108)/t59?,61-/m0/s1. The van der Waals surface area contributed by atoms with E-state index in [0.717, 1.165) is 91.6 Å². The molecule has 1 aromatic carbocycles. The molecule has 660 valence electrons. The molecule has 1 unspecified atom stereocenters. The van der Waals surface area contributed by atoms with E-state index < -0.39 is 53.4 Å². The molecule has 2 atom stereocenters. The van der Waals surface area contributed by atoms with Crippen molar-refractivity contribution in [1.82, 2.24) is 94.6 Å². The first-order chi connectivity index (χ1) is 58.9. The molecule has 0 radical (unpaired) electrons. The van der Waals surface area contributed by atoms with Crippen LogP contribution in [0, 0.1) is 20.8 Å². The Morgan fingerprint density at radius 1 is 0.541 bits per heavy atom. The smallest absolute Gasteiger partial charge is 0.291 e. The van der Waals surface area contributed by atoms with Gasteiger partial charge in [0.1, 0.15) is 28.3 Å². The summed E-state index contributed by atoms with van der Waals surface area (Å²) in [5.41, 5.74) is 4.89. The molecule has 2 saturated heterocycles. The number of aryl methyl sites for hydroxylation is 6. The Balaban J connectivity index is 0.433. The van der Waals surface area contributed by atoms with E-state index in [0.29, 0.717) is 108 Å². The molecule has 0 aliphatic carbocycles. The summed E-state index contributed by atoms with van der Waals surface area (Å²) in [6.45, 7) is 17.6. The maximum atomic E-state index is 13.8. The number of nitrogens with zero attached hydrogens (tertiary/aromatic N) is 14. The number of aliphatic imine (C=N–C) groups is 1. The third-order valence-electron chi connectivity index (χ3n) is 21.0. The fourth-order valence-corrected chi connectivity index (χ4v) is 15.8. The number of rotatable bonds is 47. The maximum absolute atomic E-state index is 13.8. The van der Waals surface area contributed by atoms with Gasteiger partial charge in [0.05, 0.1) is 116 Å². The van der Waals surface area contributed by atoms with Crippen LogP contribution in [-0.2, 0) is 85.3 Å². The number of halogens is 1. The number of carbonyl (C=O) groups excluding carboxylic acids is 9. The van der Waals surface area contributed by atoms with Gasteiger partial charge in [0.2, 0.25) is 35.3 Å². The molecular weight excluding hydrogens is 1620 g/mol. The number of imidazole rings is 3. The van der Waals surface area contributed by atoms with Gasteiger partial charge in [-0.1, -0.05) is 23.7 Å². The van der Waals surface area contributed by atoms with Crippen LogP contribution in [0.2, 0.25) is 5.02 Å². The van der Waals surface area contributed by atoms with E-state index in [1.807, 2.05) is 31.2 Å². The third kappa shape index (κ3) is 26.7. The monoisotopic (exact) mass is 1730 g/mol. The first-order valence-electron chi connectivity index (χ1n) is 41.1. The van der Waals surface area contributed by atoms with Gasteiger partial charge in [0, 0.05) is 171 Å². The third-order valence-corrected chi connectivity index (χ3v) is 22.4. The van der Waals surface area contributed by atoms with Crippen LogP contribution < -0.4 is 47.9 Å². The zero-order chi connectivity index (χ0) is 86.6. The Morgan fingerprint density at radius 3 is 1.69 bits per heavy atom. The average Bonchev–Trinajstić information content (AvgIpc) is 1.59. The van der Waals surface area contributed by atoms with Crippen LogP contribution in [0.4, 0.5) is 17.3 Å². The van der Waals surface area contributed by atoms with Gasteiger partial charge in [-0.3, -0.25) is 52.7 Å². The molecule has 6 aromatic heterocycles. The van der Waals surface area contributed by atoms with Crippen molar-refractivity contribution in [1.29, 1.82) is 0 Å². The highest BCUT2D eigenvalue weighted by Gasteiger charge is 2.36. The first kappa shape index (κ1) is 92.1. The minimum Gasteiger partial charge on any atom is -0.378 e. The lowest BCUT2D eigenvalue weighted by atomic mass is 9.97. The lowest BCUT2D eigenvalue weighted by Crippen LogP contribution is -2.51. The molecular formula is C81H112ClN23O16S. The molecule has 7 aromatic rings. The second-order valence-corrected chi connectivity index (χ2v) is 31.6. The Hall–Kier alpha value is -10.7. The predicted octanol–water partition coefficient (Wildman–Crippen LogP) is 2.91. The van der Waals surface area contributed by atoms with Gasteiger partial charge in [0.15, 0.2) is 23.3 Å². The minimum absolute atomic E-state index is 0.00206. The molecule has 39 nitrogen and oxygen atoms in total. The number of hydrogen-bond donors (Lipinski definition) is 9. The molecule has 0 saturated carbocycles. The predicted molar refractivity (Wildman–Crippen MR) is 453 cm³/mol. The van der Waals surface area contributed by atoms with E-state index in [1.54, 1.807) is 74.5 Å². The summed E-state index contributed by atoms with van der Waals surface area (Å²) in [6.07, 6.45) is 13.2. The van der Waals surface area contributed by atoms with Gasteiger partial charge in [-0.05, 0) is 89.4 Å². The Bertz CT molecular complexity index is 4780. The highest BCUT2D eigenvalue weighted by atomic mass is 35.5. The SMILES string of the molecule is Cc1sc2c(c1C)C(c1ccc(Cl)cc1)=N[C@@H](CC(=O)NC1CCN(C3CCN(CCOCCOCCOCCOCCOCCOCCOCCNC(=O)CCNC(=O)c4nc(NC(=O)CCNC(=O)C5=CC(NC(=O)c6nc(NC(=O)CCNC(=O)c7cc(NC(=O)c8nccn8C)cn7C)cn6C)CN5C)cn4C)CC3)CC1)c1nnc(C)n1-2. The van der Waals surface area contributed by atoms with Crippen molar-refractivity contribution in [3.8, 4) is 5.00 Å². The molecule has 9 N–H and O–H groups in total. The minimum atomic E-state index is -0.589. The summed E-state index contributed by atoms with van der Waals surface area (Å²) in [6, 6.07) is 8.80. The number of carbonyl (C=O) groups is 9. The Labute approximate surface area is 716 Å². The van der Waals surface area contributed by atoms with E-state index in [1.165, 1.54) is 43.2 Å². The summed E-state index contributed by atoms with van der Waals surface area (Å²) in [5, 5.41) is 35.7. The van der Waals surface area contributed by atoms with Crippen molar-refractivity contribution < 1.29 is 76.3 Å². The molecule has 2 fully saturated rings. The molecule has 9 amide bonds. The summed E-state index contributed by atoms with van der Waals surface area (Å²) in [7, 11) is 8.16. The number of nitrogens with one attached hydrogen (secondary N) is 9. The fourth-order valence-electron chi connectivity index (χ4n) is 14.5. The van der Waals surface area contributed by atoms with Crippen molar-refractivity contribution in [3.05, 3.63) is 134 Å². The van der Waals surface area contributed by atoms with E-state index in [2.05, 4.69) is 101 Å². The number of fused-ring (bicyclic) bond motifs is 3. The highest BCUT2D eigenvalue weighted by molar-refractivity contribution is 7.15. The van der Waals surface area contributed by atoms with Gasteiger partial charge in [0.25, 0.3) is 29.5 Å². The number of anilines is 3. The van der Waals surface area contributed by atoms with Gasteiger partial charge in [-0.2, -0.15) is 0 Å². The van der Waals surface area contributed by atoms with Gasteiger partial charge in [-0.15, -0.1) is 21.5 Å². The van der Waals surface area contributed by atoms with E-state index in [9.17, 15) is 43.2 Å². The number of likely N-dealkylation sites (tertiary alicyclic amines) is 2. The lowest BCUT2D eigenvalue weighted by molar-refractivity contribution is -0.123. The fraction of sp³-hybridized carbons (Fsp3) is 0.543. The molecule has 41 heteroatoms. The molecule has 122 heavy (non-hydrogen) atoms. The van der Waals surface area contributed by atoms with Crippen LogP contribution in [0.3, 0.4) is 0 Å². The second kappa shape index (κ2) is 46.0. The Kier molecular flexibility index (Phi) is 34.7. The van der Waals surface area contributed by atoms with Crippen molar-refractivity contribution >= 4 is 99.1 Å². The summed E-state index contributed by atoms with van der Waals surface area (Å²) >= 11 is 8.00. The lowest BCUT2D eigenvalue weighted by Gasteiger charge is -2.42. The highest BCUT2D eigenvalue weighted by Crippen LogP contribution is 2.40. The summed E-state index contributed by atoms with van der Waals surface area (Å²) in [5.74, 6) is -1.95. The molecule has 4 aliphatic heterocycles. The van der Waals surface area contributed by atoms with Crippen molar-refractivity contribution in [2.24, 2.45) is 33.2 Å². The van der Waals surface area contributed by atoms with Crippen LogP contribution >= 0.6 is 22.9 Å². The number of benzene rings is 1. The molecule has 0 bridgehead atoms. The van der Waals surface area contributed by atoms with E-state index in [4.69, 9.17) is 49.8 Å². The van der Waals surface area contributed by atoms with Gasteiger partial charge >= 0.3 is 0 Å². The van der Waals surface area contributed by atoms with E-state index >= 15 is 0 Å². The molecule has 4 aliphatic rings. The van der Waals surface area contributed by atoms with Gasteiger partial charge < -0.3 is 114 Å². The number of hydrogen-bond acceptors (Lipinski definition) is 26. The Morgan fingerprint density at radius 2 is 1.10 bits per heavy atom. The number of aromatic nitrogens is 10.